The predicted molar refractivity (Wildman–Crippen MR) is 124 cm³/mol. The second-order valence-electron chi connectivity index (χ2n) is 8.14. The number of nitrogens with two attached hydrogens (primary N) is 1. The summed E-state index contributed by atoms with van der Waals surface area (Å²) in [6.45, 7) is 4.83. The summed E-state index contributed by atoms with van der Waals surface area (Å²) in [5, 5.41) is 5.69. The van der Waals surface area contributed by atoms with Crippen molar-refractivity contribution in [1.29, 1.82) is 0 Å². The number of aryl methyl sites for hydroxylation is 1. The van der Waals surface area contributed by atoms with Gasteiger partial charge in [-0.1, -0.05) is 37.3 Å². The zero-order chi connectivity index (χ0) is 21.9. The number of carbonyl (C=O) groups is 1. The lowest BCUT2D eigenvalue weighted by atomic mass is 9.88. The van der Waals surface area contributed by atoms with E-state index in [4.69, 9.17) is 5.73 Å². The van der Waals surface area contributed by atoms with Crippen LogP contribution in [0.15, 0.2) is 47.3 Å². The third-order valence-corrected chi connectivity index (χ3v) is 5.61. The van der Waals surface area contributed by atoms with Gasteiger partial charge in [-0.15, -0.1) is 0 Å². The van der Waals surface area contributed by atoms with Gasteiger partial charge in [-0.2, -0.15) is 0 Å². The topological polar surface area (TPSA) is 89.2 Å². The Hall–Kier alpha value is -2.60. The summed E-state index contributed by atoms with van der Waals surface area (Å²) in [7, 11) is 1.56. The summed E-state index contributed by atoms with van der Waals surface area (Å²) in [4.78, 5) is 23.9. The normalized spacial score (nSPS) is 18.1. The molecule has 1 aromatic carbocycles. The van der Waals surface area contributed by atoms with Crippen LogP contribution in [0.4, 0.5) is 5.69 Å². The number of rotatable bonds is 6. The number of hydrogen-bond acceptors (Lipinski definition) is 4. The zero-order valence-electron chi connectivity index (χ0n) is 18.5. The van der Waals surface area contributed by atoms with Crippen molar-refractivity contribution in [3.63, 3.8) is 0 Å². The first kappa shape index (κ1) is 23.7. The Kier molecular flexibility index (Phi) is 9.61. The van der Waals surface area contributed by atoms with Crippen LogP contribution in [0.25, 0.3) is 0 Å². The van der Waals surface area contributed by atoms with E-state index in [0.29, 0.717) is 18.3 Å². The van der Waals surface area contributed by atoms with Crippen LogP contribution >= 0.6 is 0 Å². The highest BCUT2D eigenvalue weighted by Gasteiger charge is 2.13. The van der Waals surface area contributed by atoms with E-state index in [1.165, 1.54) is 35.8 Å². The van der Waals surface area contributed by atoms with E-state index in [2.05, 4.69) is 29.7 Å². The minimum Gasteiger partial charge on any atom is -0.380 e. The van der Waals surface area contributed by atoms with E-state index in [0.717, 1.165) is 18.0 Å². The third kappa shape index (κ3) is 7.67. The molecule has 1 heterocycles. The first-order valence-electron chi connectivity index (χ1n) is 10.8. The number of anilines is 1. The largest absolute Gasteiger partial charge is 0.380 e. The Balaban J connectivity index is 0.000000335. The molecule has 164 valence electrons. The first-order chi connectivity index (χ1) is 14.4. The fourth-order valence-electron chi connectivity index (χ4n) is 3.50. The maximum Gasteiger partial charge on any atom is 0.274 e. The van der Waals surface area contributed by atoms with Crippen LogP contribution in [0.3, 0.4) is 0 Å². The van der Waals surface area contributed by atoms with Crippen molar-refractivity contribution in [3.8, 4) is 0 Å². The van der Waals surface area contributed by atoms with Crippen molar-refractivity contribution >= 4 is 11.6 Å². The Labute approximate surface area is 179 Å². The number of hydrogen-bond donors (Lipinski definition) is 3. The summed E-state index contributed by atoms with van der Waals surface area (Å²) in [6.07, 6.45) is 6.04. The maximum absolute atomic E-state index is 12.4. The number of benzene rings is 1. The smallest absolute Gasteiger partial charge is 0.274 e. The van der Waals surface area contributed by atoms with Gasteiger partial charge >= 0.3 is 0 Å². The first-order valence-corrected chi connectivity index (χ1v) is 10.8. The average molecular weight is 413 g/mol. The Bertz CT molecular complexity index is 830. The molecule has 0 aliphatic heterocycles. The zero-order valence-corrected chi connectivity index (χ0v) is 18.5. The minimum absolute atomic E-state index is 0.0371. The molecule has 0 bridgehead atoms. The molecule has 0 atom stereocenters. The highest BCUT2D eigenvalue weighted by Crippen LogP contribution is 2.21. The number of nitrogens with one attached hydrogen (secondary N) is 2. The molecule has 0 radical (unpaired) electrons. The molecule has 3 rings (SSSR count). The summed E-state index contributed by atoms with van der Waals surface area (Å²) < 4.78 is 1.48. The van der Waals surface area contributed by atoms with Gasteiger partial charge in [0.15, 0.2) is 0 Å². The van der Waals surface area contributed by atoms with Gasteiger partial charge in [0.05, 0.1) is 0 Å². The second kappa shape index (κ2) is 12.2. The third-order valence-electron chi connectivity index (χ3n) is 5.61. The van der Waals surface area contributed by atoms with Crippen LogP contribution in [0, 0.1) is 12.8 Å². The molecule has 1 fully saturated rings. The number of pyridine rings is 1. The predicted octanol–water partition coefficient (Wildman–Crippen LogP) is 3.08. The van der Waals surface area contributed by atoms with Gasteiger partial charge in [0.2, 0.25) is 5.91 Å². The number of likely N-dealkylation sites (N-methyl/N-ethyl adjacent to an activating group) is 1. The number of aromatic nitrogens is 1. The van der Waals surface area contributed by atoms with Crippen molar-refractivity contribution in [2.45, 2.75) is 58.5 Å². The summed E-state index contributed by atoms with van der Waals surface area (Å²) in [6, 6.07) is 14.2. The highest BCUT2D eigenvalue weighted by atomic mass is 16.2. The molecule has 4 N–H and O–H groups in total. The quantitative estimate of drug-likeness (QED) is 0.680. The monoisotopic (exact) mass is 412 g/mol. The lowest BCUT2D eigenvalue weighted by Gasteiger charge is -2.22. The van der Waals surface area contributed by atoms with Gasteiger partial charge in [-0.25, -0.2) is 0 Å². The van der Waals surface area contributed by atoms with Crippen molar-refractivity contribution in [2.24, 2.45) is 11.7 Å². The lowest BCUT2D eigenvalue weighted by Crippen LogP contribution is -2.32. The van der Waals surface area contributed by atoms with Crippen LogP contribution in [0.5, 0.6) is 0 Å². The maximum atomic E-state index is 12.4. The fourth-order valence-corrected chi connectivity index (χ4v) is 3.50. The Morgan fingerprint density at radius 3 is 2.37 bits per heavy atom. The molecule has 1 aliphatic rings. The van der Waals surface area contributed by atoms with Crippen molar-refractivity contribution in [1.82, 2.24) is 9.88 Å². The second-order valence-corrected chi connectivity index (χ2v) is 8.14. The lowest BCUT2D eigenvalue weighted by molar-refractivity contribution is -0.121. The highest BCUT2D eigenvalue weighted by molar-refractivity contribution is 5.75. The van der Waals surface area contributed by atoms with Gasteiger partial charge in [0.25, 0.3) is 5.56 Å². The number of nitrogens with zero attached hydrogens (tertiary/aromatic N) is 1. The minimum atomic E-state index is -0.188. The van der Waals surface area contributed by atoms with E-state index in [1.807, 2.05) is 31.2 Å². The van der Waals surface area contributed by atoms with Crippen molar-refractivity contribution in [3.05, 3.63) is 64.1 Å². The van der Waals surface area contributed by atoms with Gasteiger partial charge in [-0.05, 0) is 62.6 Å². The summed E-state index contributed by atoms with van der Waals surface area (Å²) >= 11 is 0. The molecule has 1 saturated carbocycles. The fraction of sp³-hybridized carbons (Fsp3) is 0.500. The molecule has 0 unspecified atom stereocenters. The van der Waals surface area contributed by atoms with Crippen LogP contribution in [-0.2, 0) is 17.8 Å². The molecular weight excluding hydrogens is 376 g/mol. The van der Waals surface area contributed by atoms with Gasteiger partial charge in [0, 0.05) is 25.3 Å². The molecule has 0 saturated heterocycles. The van der Waals surface area contributed by atoms with E-state index in [1.54, 1.807) is 13.1 Å². The molecule has 2 aromatic rings. The Morgan fingerprint density at radius 2 is 1.77 bits per heavy atom. The molecule has 0 spiro atoms. The average Bonchev–Trinajstić information content (AvgIpc) is 2.76. The van der Waals surface area contributed by atoms with E-state index >= 15 is 0 Å². The van der Waals surface area contributed by atoms with Crippen LogP contribution in [0.2, 0.25) is 0 Å². The molecule has 1 aromatic heterocycles. The molecule has 1 amide bonds. The van der Waals surface area contributed by atoms with Crippen LogP contribution in [0.1, 0.15) is 43.9 Å². The van der Waals surface area contributed by atoms with Gasteiger partial charge in [0.1, 0.15) is 12.2 Å². The van der Waals surface area contributed by atoms with E-state index < -0.39 is 0 Å². The molecule has 6 heteroatoms. The van der Waals surface area contributed by atoms with Crippen LogP contribution in [-0.4, -0.2) is 30.1 Å². The summed E-state index contributed by atoms with van der Waals surface area (Å²) in [5.74, 6) is 0.751. The summed E-state index contributed by atoms with van der Waals surface area (Å²) in [5.41, 5.74) is 8.03. The van der Waals surface area contributed by atoms with Gasteiger partial charge in [-0.3, -0.25) is 9.59 Å². The van der Waals surface area contributed by atoms with Crippen LogP contribution < -0.4 is 21.9 Å². The van der Waals surface area contributed by atoms with Gasteiger partial charge < -0.3 is 20.9 Å². The van der Waals surface area contributed by atoms with Crippen molar-refractivity contribution < 1.29 is 4.79 Å². The number of carbonyl (C=O) groups excluding carboxylic acids is 1. The van der Waals surface area contributed by atoms with Crippen molar-refractivity contribution in [2.75, 3.05) is 18.9 Å². The SMILES string of the molecule is CC1CCC(N)CC1.CNC(=O)Cn1c(C)ccc(NCCc2ccccc2)c1=O. The van der Waals surface area contributed by atoms with E-state index in [9.17, 15) is 9.59 Å². The molecule has 1 aliphatic carbocycles. The number of amides is 1. The standard InChI is InChI=1S/C17H21N3O2.C7H15N/c1-13-8-9-15(17(22)20(13)12-16(21)18-2)19-11-10-14-6-4-3-5-7-14;1-6-2-4-7(8)5-3-6/h3-9,19H,10-12H2,1-2H3,(H,18,21);6-7H,2-5,8H2,1H3. The molecular formula is C24H36N4O2. The Morgan fingerprint density at radius 1 is 1.10 bits per heavy atom. The molecule has 30 heavy (non-hydrogen) atoms. The molecule has 6 nitrogen and oxygen atoms in total. The van der Waals surface area contributed by atoms with E-state index in [-0.39, 0.29) is 18.0 Å².